The average molecular weight is 290 g/mol. The Labute approximate surface area is 123 Å². The molecule has 0 aliphatic carbocycles. The lowest BCUT2D eigenvalue weighted by atomic mass is 10.1. The first-order chi connectivity index (χ1) is 9.69. The lowest BCUT2D eigenvalue weighted by Crippen LogP contribution is -1.99. The maximum absolute atomic E-state index is 5.46. The molecule has 0 aliphatic rings. The molecule has 0 bridgehead atoms. The number of methoxy groups -OCH3 is 2. The lowest BCUT2D eigenvalue weighted by Gasteiger charge is -2.13. The first-order valence-corrected chi connectivity index (χ1v) is 6.92. The van der Waals surface area contributed by atoms with Crippen LogP contribution in [0.5, 0.6) is 11.5 Å². The van der Waals surface area contributed by atoms with Gasteiger partial charge in [-0.15, -0.1) is 0 Å². The summed E-state index contributed by atoms with van der Waals surface area (Å²) in [6.45, 7) is 2.11. The van der Waals surface area contributed by atoms with Gasteiger partial charge in [-0.2, -0.15) is 0 Å². The molecule has 1 aromatic carbocycles. The van der Waals surface area contributed by atoms with E-state index in [4.69, 9.17) is 21.7 Å². The van der Waals surface area contributed by atoms with Gasteiger partial charge in [0.1, 0.15) is 10.5 Å². The summed E-state index contributed by atoms with van der Waals surface area (Å²) in [4.78, 5) is 7.65. The Morgan fingerprint density at radius 1 is 1.25 bits per heavy atom. The zero-order valence-electron chi connectivity index (χ0n) is 11.9. The summed E-state index contributed by atoms with van der Waals surface area (Å²) in [5.41, 5.74) is 1.81. The predicted octanol–water partition coefficient (Wildman–Crippen LogP) is 3.78. The Kier molecular flexibility index (Phi) is 4.74. The summed E-state index contributed by atoms with van der Waals surface area (Å²) in [7, 11) is 3.25. The zero-order valence-corrected chi connectivity index (χ0v) is 12.7. The van der Waals surface area contributed by atoms with Crippen molar-refractivity contribution < 1.29 is 9.47 Å². The monoisotopic (exact) mass is 290 g/mol. The van der Waals surface area contributed by atoms with Crippen LogP contribution in [0.1, 0.15) is 19.2 Å². The van der Waals surface area contributed by atoms with E-state index in [1.807, 2.05) is 24.3 Å². The van der Waals surface area contributed by atoms with Crippen LogP contribution in [-0.4, -0.2) is 24.2 Å². The number of nitrogens with one attached hydrogen (secondary N) is 1. The molecule has 0 amide bonds. The smallest absolute Gasteiger partial charge is 0.170 e. The standard InChI is InChI=1S/C15H18N2O2S/c1-4-6-13-16-11(9-14(20)17-13)10-7-5-8-12(18-2)15(10)19-3/h5,7-9H,4,6H2,1-3H3,(H,16,17,20). The number of rotatable bonds is 5. The highest BCUT2D eigenvalue weighted by Gasteiger charge is 2.12. The van der Waals surface area contributed by atoms with Crippen molar-refractivity contribution in [1.29, 1.82) is 0 Å². The minimum atomic E-state index is 0.576. The average Bonchev–Trinajstić information content (AvgIpc) is 2.46. The molecule has 2 rings (SSSR count). The highest BCUT2D eigenvalue weighted by molar-refractivity contribution is 7.71. The summed E-state index contributed by atoms with van der Waals surface area (Å²) in [6.07, 6.45) is 1.88. The molecular weight excluding hydrogens is 272 g/mol. The highest BCUT2D eigenvalue weighted by atomic mass is 32.1. The first kappa shape index (κ1) is 14.5. The van der Waals surface area contributed by atoms with Crippen molar-refractivity contribution in [3.63, 3.8) is 0 Å². The molecular formula is C15H18N2O2S. The third kappa shape index (κ3) is 2.99. The topological polar surface area (TPSA) is 47.1 Å². The molecule has 4 nitrogen and oxygen atoms in total. The summed E-state index contributed by atoms with van der Waals surface area (Å²) < 4.78 is 11.4. The summed E-state index contributed by atoms with van der Waals surface area (Å²) in [6, 6.07) is 7.60. The van der Waals surface area contributed by atoms with Crippen molar-refractivity contribution in [1.82, 2.24) is 9.97 Å². The summed E-state index contributed by atoms with van der Waals surface area (Å²) in [5, 5.41) is 0. The number of aryl methyl sites for hydroxylation is 1. The summed E-state index contributed by atoms with van der Waals surface area (Å²) in [5.74, 6) is 2.27. The molecule has 0 unspecified atom stereocenters. The maximum Gasteiger partial charge on any atom is 0.170 e. The van der Waals surface area contributed by atoms with Crippen LogP contribution < -0.4 is 9.47 Å². The molecule has 20 heavy (non-hydrogen) atoms. The van der Waals surface area contributed by atoms with Gasteiger partial charge in [-0.05, 0) is 24.6 Å². The lowest BCUT2D eigenvalue weighted by molar-refractivity contribution is 0.356. The molecule has 1 N–H and O–H groups in total. The van der Waals surface area contributed by atoms with Crippen molar-refractivity contribution in [2.45, 2.75) is 19.8 Å². The van der Waals surface area contributed by atoms with Gasteiger partial charge in [0.2, 0.25) is 0 Å². The molecule has 106 valence electrons. The van der Waals surface area contributed by atoms with Crippen molar-refractivity contribution in [2.24, 2.45) is 0 Å². The molecule has 0 saturated carbocycles. The molecule has 5 heteroatoms. The number of ether oxygens (including phenoxy) is 2. The van der Waals surface area contributed by atoms with Gasteiger partial charge in [0.15, 0.2) is 11.5 Å². The van der Waals surface area contributed by atoms with Crippen LogP contribution in [0.15, 0.2) is 24.3 Å². The molecule has 0 spiro atoms. The van der Waals surface area contributed by atoms with Crippen LogP contribution in [0.25, 0.3) is 11.3 Å². The van der Waals surface area contributed by atoms with Gasteiger partial charge in [-0.25, -0.2) is 4.98 Å². The first-order valence-electron chi connectivity index (χ1n) is 6.51. The number of aromatic nitrogens is 2. The molecule has 2 aromatic rings. The van der Waals surface area contributed by atoms with Gasteiger partial charge < -0.3 is 14.5 Å². The van der Waals surface area contributed by atoms with Crippen LogP contribution in [0.2, 0.25) is 0 Å². The van der Waals surface area contributed by atoms with Crippen molar-refractivity contribution in [3.8, 4) is 22.8 Å². The molecule has 1 aromatic heterocycles. The second-order valence-corrected chi connectivity index (χ2v) is 4.79. The third-order valence-corrected chi connectivity index (χ3v) is 3.18. The normalized spacial score (nSPS) is 10.3. The van der Waals surface area contributed by atoms with Crippen molar-refractivity contribution >= 4 is 12.2 Å². The Morgan fingerprint density at radius 3 is 2.70 bits per heavy atom. The van der Waals surface area contributed by atoms with E-state index in [1.54, 1.807) is 14.2 Å². The molecule has 0 aliphatic heterocycles. The second kappa shape index (κ2) is 6.52. The van der Waals surface area contributed by atoms with E-state index in [-0.39, 0.29) is 0 Å². The number of para-hydroxylation sites is 1. The Balaban J connectivity index is 2.59. The van der Waals surface area contributed by atoms with E-state index in [0.717, 1.165) is 29.9 Å². The largest absolute Gasteiger partial charge is 0.493 e. The number of benzene rings is 1. The number of hydrogen-bond acceptors (Lipinski definition) is 4. The van der Waals surface area contributed by atoms with Gasteiger partial charge in [-0.3, -0.25) is 0 Å². The third-order valence-electron chi connectivity index (χ3n) is 2.97. The van der Waals surface area contributed by atoms with Crippen LogP contribution >= 0.6 is 12.2 Å². The Hall–Kier alpha value is -1.88. The number of aromatic amines is 1. The van der Waals surface area contributed by atoms with E-state index in [1.165, 1.54) is 0 Å². The van der Waals surface area contributed by atoms with Crippen LogP contribution in [0.4, 0.5) is 0 Å². The van der Waals surface area contributed by atoms with E-state index in [2.05, 4.69) is 16.9 Å². The molecule has 0 saturated heterocycles. The maximum atomic E-state index is 5.46. The van der Waals surface area contributed by atoms with Crippen LogP contribution in [-0.2, 0) is 6.42 Å². The van der Waals surface area contributed by atoms with Crippen LogP contribution in [0.3, 0.4) is 0 Å². The number of nitrogens with zero attached hydrogens (tertiary/aromatic N) is 1. The Morgan fingerprint density at radius 2 is 2.05 bits per heavy atom. The fraction of sp³-hybridized carbons (Fsp3) is 0.333. The van der Waals surface area contributed by atoms with Crippen molar-refractivity contribution in [3.05, 3.63) is 34.7 Å². The van der Waals surface area contributed by atoms with Gasteiger partial charge in [0.05, 0.1) is 19.9 Å². The summed E-state index contributed by atoms with van der Waals surface area (Å²) >= 11 is 5.24. The number of H-pyrrole nitrogens is 1. The molecule has 0 atom stereocenters. The van der Waals surface area contributed by atoms with E-state index in [9.17, 15) is 0 Å². The quantitative estimate of drug-likeness (QED) is 0.851. The fourth-order valence-corrected chi connectivity index (χ4v) is 2.34. The van der Waals surface area contributed by atoms with E-state index >= 15 is 0 Å². The molecule has 0 radical (unpaired) electrons. The highest BCUT2D eigenvalue weighted by Crippen LogP contribution is 2.36. The zero-order chi connectivity index (χ0) is 14.5. The van der Waals surface area contributed by atoms with Gasteiger partial charge in [0, 0.05) is 12.0 Å². The van der Waals surface area contributed by atoms with Crippen LogP contribution in [0, 0.1) is 4.64 Å². The van der Waals surface area contributed by atoms with Crippen molar-refractivity contribution in [2.75, 3.05) is 14.2 Å². The Bertz CT molecular complexity index is 653. The van der Waals surface area contributed by atoms with Gasteiger partial charge >= 0.3 is 0 Å². The predicted molar refractivity (Wildman–Crippen MR) is 82.0 cm³/mol. The minimum Gasteiger partial charge on any atom is -0.493 e. The molecule has 0 fully saturated rings. The van der Waals surface area contributed by atoms with Gasteiger partial charge in [0.25, 0.3) is 0 Å². The fourth-order valence-electron chi connectivity index (χ4n) is 2.11. The van der Waals surface area contributed by atoms with Gasteiger partial charge in [-0.1, -0.05) is 25.2 Å². The van der Waals surface area contributed by atoms with E-state index in [0.29, 0.717) is 16.1 Å². The SMILES string of the molecule is CCCc1nc(=S)cc(-c2cccc(OC)c2OC)[nH]1. The van der Waals surface area contributed by atoms with E-state index < -0.39 is 0 Å². The number of hydrogen-bond donors (Lipinski definition) is 1. The molecule has 1 heterocycles. The second-order valence-electron chi connectivity index (χ2n) is 4.37. The minimum absolute atomic E-state index is 0.576.